The van der Waals surface area contributed by atoms with E-state index in [1.54, 1.807) is 30.2 Å². The first-order valence-electron chi connectivity index (χ1n) is 7.78. The monoisotopic (exact) mass is 348 g/mol. The zero-order valence-electron chi connectivity index (χ0n) is 13.4. The molecule has 2 N–H and O–H groups in total. The summed E-state index contributed by atoms with van der Waals surface area (Å²) >= 11 is 1.50. The lowest BCUT2D eigenvalue weighted by Gasteiger charge is -2.23. The fraction of sp³-hybridized carbons (Fsp3) is 0.412. The molecule has 0 spiro atoms. The third-order valence-electron chi connectivity index (χ3n) is 4.26. The van der Waals surface area contributed by atoms with E-state index >= 15 is 0 Å². The minimum absolute atomic E-state index is 0.0591. The first-order chi connectivity index (χ1) is 11.5. The number of aliphatic hydroxyl groups is 1. The van der Waals surface area contributed by atoms with Gasteiger partial charge in [-0.3, -0.25) is 9.59 Å². The Morgan fingerprint density at radius 2 is 2.38 bits per heavy atom. The van der Waals surface area contributed by atoms with Crippen LogP contribution in [0.25, 0.3) is 0 Å². The highest BCUT2D eigenvalue weighted by Gasteiger charge is 2.35. The second kappa shape index (κ2) is 6.78. The average Bonchev–Trinajstić information content (AvgIpc) is 3.27. The van der Waals surface area contributed by atoms with Crippen molar-refractivity contribution in [1.29, 1.82) is 0 Å². The Balaban J connectivity index is 1.53. The Hall–Kier alpha value is -2.12. The van der Waals surface area contributed by atoms with Crippen LogP contribution in [0.2, 0.25) is 0 Å². The molecule has 2 aromatic rings. The van der Waals surface area contributed by atoms with Crippen LogP contribution in [-0.4, -0.2) is 34.9 Å². The van der Waals surface area contributed by atoms with E-state index in [4.69, 9.17) is 4.42 Å². The van der Waals surface area contributed by atoms with Crippen LogP contribution < -0.4 is 5.32 Å². The molecule has 0 aliphatic carbocycles. The molecule has 0 radical (unpaired) electrons. The zero-order chi connectivity index (χ0) is 17.2. The summed E-state index contributed by atoms with van der Waals surface area (Å²) in [6.45, 7) is 2.53. The minimum atomic E-state index is -1.12. The second-order valence-corrected chi connectivity index (χ2v) is 7.04. The van der Waals surface area contributed by atoms with Crippen LogP contribution >= 0.6 is 11.3 Å². The van der Waals surface area contributed by atoms with Crippen molar-refractivity contribution >= 4 is 23.2 Å². The molecular formula is C17H20N2O4S. The number of rotatable bonds is 6. The number of furan rings is 1. The lowest BCUT2D eigenvalue weighted by molar-refractivity contribution is -0.129. The Labute approximate surface area is 144 Å². The van der Waals surface area contributed by atoms with Crippen LogP contribution in [-0.2, 0) is 21.7 Å². The summed E-state index contributed by atoms with van der Waals surface area (Å²) in [7, 11) is 0. The highest BCUT2D eigenvalue weighted by atomic mass is 32.1. The van der Waals surface area contributed by atoms with E-state index in [-0.39, 0.29) is 24.8 Å². The average molecular weight is 348 g/mol. The number of carbonyl (C=O) groups excluding carboxylic acids is 2. The van der Waals surface area contributed by atoms with Gasteiger partial charge in [0.15, 0.2) is 0 Å². The summed E-state index contributed by atoms with van der Waals surface area (Å²) in [5, 5.41) is 17.0. The molecule has 24 heavy (non-hydrogen) atoms. The molecule has 2 amide bonds. The van der Waals surface area contributed by atoms with Crippen molar-refractivity contribution in [3.63, 3.8) is 0 Å². The van der Waals surface area contributed by atoms with Crippen molar-refractivity contribution in [1.82, 2.24) is 10.2 Å². The molecule has 6 nitrogen and oxygen atoms in total. The molecule has 2 atom stereocenters. The molecule has 3 heterocycles. The quantitative estimate of drug-likeness (QED) is 0.833. The number of nitrogens with one attached hydrogen (secondary N) is 1. The third-order valence-corrected chi connectivity index (χ3v) is 4.95. The van der Waals surface area contributed by atoms with E-state index in [9.17, 15) is 14.7 Å². The molecule has 0 bridgehead atoms. The Morgan fingerprint density at radius 3 is 3.04 bits per heavy atom. The van der Waals surface area contributed by atoms with Gasteiger partial charge in [0, 0.05) is 13.0 Å². The van der Waals surface area contributed by atoms with Crippen molar-refractivity contribution in [2.45, 2.75) is 25.5 Å². The SMILES string of the molecule is CC(O)(CNC(=O)C1CC(=O)N(Cc2ccco2)C1)c1ccsc1. The van der Waals surface area contributed by atoms with Gasteiger partial charge in [-0.2, -0.15) is 11.3 Å². The molecule has 1 fully saturated rings. The van der Waals surface area contributed by atoms with Crippen LogP contribution in [0.15, 0.2) is 39.6 Å². The molecule has 0 saturated carbocycles. The largest absolute Gasteiger partial charge is 0.467 e. The molecule has 3 rings (SSSR count). The number of likely N-dealkylation sites (tertiary alicyclic amines) is 1. The first-order valence-corrected chi connectivity index (χ1v) is 8.73. The summed E-state index contributed by atoms with van der Waals surface area (Å²) in [6.07, 6.45) is 1.75. The van der Waals surface area contributed by atoms with Crippen LogP contribution in [0.5, 0.6) is 0 Å². The van der Waals surface area contributed by atoms with E-state index in [1.165, 1.54) is 11.3 Å². The van der Waals surface area contributed by atoms with Gasteiger partial charge in [-0.15, -0.1) is 0 Å². The Bertz CT molecular complexity index is 694. The van der Waals surface area contributed by atoms with Crippen molar-refractivity contribution in [3.05, 3.63) is 46.5 Å². The maximum absolute atomic E-state index is 12.3. The van der Waals surface area contributed by atoms with E-state index in [2.05, 4.69) is 5.32 Å². The van der Waals surface area contributed by atoms with Crippen molar-refractivity contribution in [3.8, 4) is 0 Å². The maximum atomic E-state index is 12.3. The van der Waals surface area contributed by atoms with Crippen LogP contribution in [0.3, 0.4) is 0 Å². The van der Waals surface area contributed by atoms with Crippen LogP contribution in [0.4, 0.5) is 0 Å². The summed E-state index contributed by atoms with van der Waals surface area (Å²) < 4.78 is 5.25. The first kappa shape index (κ1) is 16.7. The van der Waals surface area contributed by atoms with Crippen LogP contribution in [0.1, 0.15) is 24.7 Å². The van der Waals surface area contributed by atoms with Crippen LogP contribution in [0, 0.1) is 5.92 Å². The van der Waals surface area contributed by atoms with E-state index in [1.807, 2.05) is 16.8 Å². The van der Waals surface area contributed by atoms with E-state index in [0.717, 1.165) is 5.56 Å². The number of hydrogen-bond donors (Lipinski definition) is 2. The van der Waals surface area contributed by atoms with Gasteiger partial charge in [-0.05, 0) is 41.4 Å². The van der Waals surface area contributed by atoms with Gasteiger partial charge in [0.05, 0.1) is 25.3 Å². The summed E-state index contributed by atoms with van der Waals surface area (Å²) in [6, 6.07) is 5.41. The Kier molecular flexibility index (Phi) is 4.73. The number of amides is 2. The van der Waals surface area contributed by atoms with Crippen molar-refractivity contribution in [2.75, 3.05) is 13.1 Å². The zero-order valence-corrected chi connectivity index (χ0v) is 14.2. The predicted octanol–water partition coefficient (Wildman–Crippen LogP) is 1.71. The summed E-state index contributed by atoms with van der Waals surface area (Å²) in [4.78, 5) is 26.0. The highest BCUT2D eigenvalue weighted by molar-refractivity contribution is 7.08. The number of nitrogens with zero attached hydrogens (tertiary/aromatic N) is 1. The number of hydrogen-bond acceptors (Lipinski definition) is 5. The van der Waals surface area contributed by atoms with Gasteiger partial charge in [0.1, 0.15) is 11.4 Å². The second-order valence-electron chi connectivity index (χ2n) is 6.26. The van der Waals surface area contributed by atoms with Gasteiger partial charge >= 0.3 is 0 Å². The van der Waals surface area contributed by atoms with E-state index in [0.29, 0.717) is 18.8 Å². The van der Waals surface area contributed by atoms with Crippen molar-refractivity contribution in [2.24, 2.45) is 5.92 Å². The van der Waals surface area contributed by atoms with Crippen molar-refractivity contribution < 1.29 is 19.1 Å². The smallest absolute Gasteiger partial charge is 0.225 e. The Morgan fingerprint density at radius 1 is 1.54 bits per heavy atom. The fourth-order valence-electron chi connectivity index (χ4n) is 2.77. The van der Waals surface area contributed by atoms with E-state index < -0.39 is 11.5 Å². The lowest BCUT2D eigenvalue weighted by atomic mass is 9.98. The summed E-state index contributed by atoms with van der Waals surface area (Å²) in [5.74, 6) is 0.0347. The van der Waals surface area contributed by atoms with Gasteiger partial charge in [0.25, 0.3) is 0 Å². The molecule has 128 valence electrons. The molecule has 7 heteroatoms. The van der Waals surface area contributed by atoms with Gasteiger partial charge in [0.2, 0.25) is 11.8 Å². The van der Waals surface area contributed by atoms with Gasteiger partial charge in [-0.25, -0.2) is 0 Å². The molecule has 1 saturated heterocycles. The molecule has 2 unspecified atom stereocenters. The lowest BCUT2D eigenvalue weighted by Crippen LogP contribution is -2.41. The molecule has 1 aliphatic heterocycles. The normalized spacial score (nSPS) is 20.2. The standard InChI is InChI=1S/C17H20N2O4S/c1-17(22,13-4-6-24-10-13)11-18-16(21)12-7-15(20)19(8-12)9-14-3-2-5-23-14/h2-6,10,12,22H,7-9,11H2,1H3,(H,18,21). The fourth-order valence-corrected chi connectivity index (χ4v) is 3.55. The molecule has 2 aromatic heterocycles. The molecule has 1 aliphatic rings. The number of thiophene rings is 1. The summed E-state index contributed by atoms with van der Waals surface area (Å²) in [5.41, 5.74) is -0.346. The molecular weight excluding hydrogens is 328 g/mol. The maximum Gasteiger partial charge on any atom is 0.225 e. The predicted molar refractivity (Wildman–Crippen MR) is 89.1 cm³/mol. The van der Waals surface area contributed by atoms with Gasteiger partial charge in [-0.1, -0.05) is 0 Å². The van der Waals surface area contributed by atoms with Gasteiger partial charge < -0.3 is 19.7 Å². The topological polar surface area (TPSA) is 82.8 Å². The minimum Gasteiger partial charge on any atom is -0.467 e. The molecule has 0 aromatic carbocycles. The third kappa shape index (κ3) is 3.68. The highest BCUT2D eigenvalue weighted by Crippen LogP contribution is 2.24. The number of carbonyl (C=O) groups is 2.